The summed E-state index contributed by atoms with van der Waals surface area (Å²) in [7, 11) is 0. The van der Waals surface area contributed by atoms with Gasteiger partial charge in [-0.1, -0.05) is 52.5 Å². The third-order valence-electron chi connectivity index (χ3n) is 3.47. The van der Waals surface area contributed by atoms with Crippen molar-refractivity contribution in [1.82, 2.24) is 0 Å². The summed E-state index contributed by atoms with van der Waals surface area (Å²) in [6.07, 6.45) is 5.00. The SMILES string of the molecule is CCC1CCC(Nc2c(Cl)cc(Br)cc2Cl)C1. The molecule has 1 fully saturated rings. The van der Waals surface area contributed by atoms with E-state index in [4.69, 9.17) is 23.2 Å². The monoisotopic (exact) mass is 335 g/mol. The van der Waals surface area contributed by atoms with Gasteiger partial charge in [0, 0.05) is 10.5 Å². The second-order valence-corrected chi connectivity index (χ2v) is 6.40. The molecule has 1 aromatic carbocycles. The van der Waals surface area contributed by atoms with Crippen LogP contribution in [-0.4, -0.2) is 6.04 Å². The summed E-state index contributed by atoms with van der Waals surface area (Å²) in [4.78, 5) is 0. The summed E-state index contributed by atoms with van der Waals surface area (Å²) in [6.45, 7) is 2.26. The van der Waals surface area contributed by atoms with Crippen LogP contribution in [0.25, 0.3) is 0 Å². The second kappa shape index (κ2) is 5.81. The lowest BCUT2D eigenvalue weighted by Gasteiger charge is -2.17. The summed E-state index contributed by atoms with van der Waals surface area (Å²) in [5, 5.41) is 4.85. The van der Waals surface area contributed by atoms with Crippen molar-refractivity contribution in [2.75, 3.05) is 5.32 Å². The van der Waals surface area contributed by atoms with Crippen LogP contribution < -0.4 is 5.32 Å². The van der Waals surface area contributed by atoms with Crippen molar-refractivity contribution in [1.29, 1.82) is 0 Å². The highest BCUT2D eigenvalue weighted by Crippen LogP contribution is 2.37. The Labute approximate surface area is 121 Å². The zero-order valence-corrected chi connectivity index (χ0v) is 12.9. The van der Waals surface area contributed by atoms with Crippen molar-refractivity contribution >= 4 is 44.8 Å². The molecule has 1 N–H and O–H groups in total. The third-order valence-corrected chi connectivity index (χ3v) is 4.53. The smallest absolute Gasteiger partial charge is 0.0721 e. The molecule has 17 heavy (non-hydrogen) atoms. The molecule has 0 radical (unpaired) electrons. The number of halogens is 3. The molecule has 2 unspecified atom stereocenters. The Morgan fingerprint density at radius 1 is 1.29 bits per heavy atom. The molecule has 0 bridgehead atoms. The highest BCUT2D eigenvalue weighted by atomic mass is 79.9. The molecule has 0 spiro atoms. The van der Waals surface area contributed by atoms with Gasteiger partial charge in [0.15, 0.2) is 0 Å². The number of rotatable bonds is 3. The first-order valence-electron chi connectivity index (χ1n) is 6.01. The number of hydrogen-bond donors (Lipinski definition) is 1. The molecule has 0 saturated heterocycles. The summed E-state index contributed by atoms with van der Waals surface area (Å²) in [5.41, 5.74) is 0.873. The predicted octanol–water partition coefficient (Wildman–Crippen LogP) is 5.75. The summed E-state index contributed by atoms with van der Waals surface area (Å²) >= 11 is 15.8. The van der Waals surface area contributed by atoms with Gasteiger partial charge in [-0.05, 0) is 37.3 Å². The molecular weight excluding hydrogens is 321 g/mol. The van der Waals surface area contributed by atoms with E-state index < -0.39 is 0 Å². The van der Waals surface area contributed by atoms with E-state index in [2.05, 4.69) is 28.2 Å². The molecule has 1 aliphatic rings. The molecule has 1 aliphatic carbocycles. The largest absolute Gasteiger partial charge is 0.380 e. The molecule has 2 rings (SSSR count). The Kier molecular flexibility index (Phi) is 4.62. The van der Waals surface area contributed by atoms with Crippen molar-refractivity contribution in [3.63, 3.8) is 0 Å². The molecule has 4 heteroatoms. The van der Waals surface area contributed by atoms with Gasteiger partial charge in [0.25, 0.3) is 0 Å². The van der Waals surface area contributed by atoms with Crippen LogP contribution in [0.15, 0.2) is 16.6 Å². The van der Waals surface area contributed by atoms with Crippen LogP contribution in [0, 0.1) is 5.92 Å². The topological polar surface area (TPSA) is 12.0 Å². The predicted molar refractivity (Wildman–Crippen MR) is 79.2 cm³/mol. The quantitative estimate of drug-likeness (QED) is 0.741. The number of hydrogen-bond acceptors (Lipinski definition) is 1. The van der Waals surface area contributed by atoms with E-state index >= 15 is 0 Å². The van der Waals surface area contributed by atoms with E-state index in [0.29, 0.717) is 16.1 Å². The van der Waals surface area contributed by atoms with Crippen LogP contribution in [0.5, 0.6) is 0 Å². The van der Waals surface area contributed by atoms with E-state index in [9.17, 15) is 0 Å². The van der Waals surface area contributed by atoms with E-state index in [1.54, 1.807) is 0 Å². The van der Waals surface area contributed by atoms with Crippen molar-refractivity contribution in [2.45, 2.75) is 38.6 Å². The Morgan fingerprint density at radius 3 is 2.47 bits per heavy atom. The van der Waals surface area contributed by atoms with E-state index in [0.717, 1.165) is 16.1 Å². The lowest BCUT2D eigenvalue weighted by molar-refractivity contribution is 0.525. The minimum absolute atomic E-state index is 0.510. The van der Waals surface area contributed by atoms with E-state index in [1.165, 1.54) is 25.7 Å². The maximum atomic E-state index is 6.21. The fourth-order valence-electron chi connectivity index (χ4n) is 2.46. The first kappa shape index (κ1) is 13.5. The zero-order valence-electron chi connectivity index (χ0n) is 9.77. The van der Waals surface area contributed by atoms with Gasteiger partial charge >= 0.3 is 0 Å². The van der Waals surface area contributed by atoms with Gasteiger partial charge in [-0.15, -0.1) is 0 Å². The molecule has 0 aliphatic heterocycles. The molecule has 1 saturated carbocycles. The molecule has 0 amide bonds. The van der Waals surface area contributed by atoms with Crippen molar-refractivity contribution in [3.8, 4) is 0 Å². The maximum absolute atomic E-state index is 6.21. The average molecular weight is 337 g/mol. The van der Waals surface area contributed by atoms with Crippen molar-refractivity contribution < 1.29 is 0 Å². The number of anilines is 1. The first-order chi connectivity index (χ1) is 8.10. The Balaban J connectivity index is 2.09. The maximum Gasteiger partial charge on any atom is 0.0721 e. The number of nitrogens with one attached hydrogen (secondary N) is 1. The van der Waals surface area contributed by atoms with Gasteiger partial charge < -0.3 is 5.32 Å². The first-order valence-corrected chi connectivity index (χ1v) is 7.56. The van der Waals surface area contributed by atoms with Crippen LogP contribution in [0.1, 0.15) is 32.6 Å². The second-order valence-electron chi connectivity index (χ2n) is 4.67. The van der Waals surface area contributed by atoms with Crippen molar-refractivity contribution in [2.24, 2.45) is 5.92 Å². The lowest BCUT2D eigenvalue weighted by Crippen LogP contribution is -2.16. The minimum Gasteiger partial charge on any atom is -0.380 e. The van der Waals surface area contributed by atoms with Gasteiger partial charge in [0.2, 0.25) is 0 Å². The van der Waals surface area contributed by atoms with E-state index in [1.807, 2.05) is 12.1 Å². The molecule has 0 aromatic heterocycles. The molecule has 1 nitrogen and oxygen atoms in total. The summed E-state index contributed by atoms with van der Waals surface area (Å²) in [5.74, 6) is 0.848. The van der Waals surface area contributed by atoms with Crippen LogP contribution in [-0.2, 0) is 0 Å². The molecule has 2 atom stereocenters. The fourth-order valence-corrected chi connectivity index (χ4v) is 3.78. The van der Waals surface area contributed by atoms with Crippen LogP contribution >= 0.6 is 39.1 Å². The normalized spacial score (nSPS) is 24.0. The summed E-state index contributed by atoms with van der Waals surface area (Å²) < 4.78 is 0.913. The minimum atomic E-state index is 0.510. The molecule has 1 aromatic rings. The Morgan fingerprint density at radius 2 is 1.94 bits per heavy atom. The van der Waals surface area contributed by atoms with Crippen LogP contribution in [0.3, 0.4) is 0 Å². The van der Waals surface area contributed by atoms with Crippen molar-refractivity contribution in [3.05, 3.63) is 26.7 Å². The van der Waals surface area contributed by atoms with E-state index in [-0.39, 0.29) is 0 Å². The van der Waals surface area contributed by atoms with Gasteiger partial charge in [0.1, 0.15) is 0 Å². The average Bonchev–Trinajstić information content (AvgIpc) is 2.71. The third kappa shape index (κ3) is 3.30. The highest BCUT2D eigenvalue weighted by molar-refractivity contribution is 9.10. The highest BCUT2D eigenvalue weighted by Gasteiger charge is 2.24. The standard InChI is InChI=1S/C13H16BrCl2N/c1-2-8-3-4-10(5-8)17-13-11(15)6-9(14)7-12(13)16/h6-8,10,17H,2-5H2,1H3. The molecule has 0 heterocycles. The van der Waals surface area contributed by atoms with Crippen LogP contribution in [0.4, 0.5) is 5.69 Å². The van der Waals surface area contributed by atoms with Gasteiger partial charge in [-0.25, -0.2) is 0 Å². The van der Waals surface area contributed by atoms with Gasteiger partial charge in [-0.2, -0.15) is 0 Å². The van der Waals surface area contributed by atoms with Gasteiger partial charge in [0.05, 0.1) is 15.7 Å². The Hall–Kier alpha value is 0.0800. The number of benzene rings is 1. The lowest BCUT2D eigenvalue weighted by atomic mass is 10.1. The van der Waals surface area contributed by atoms with Gasteiger partial charge in [-0.3, -0.25) is 0 Å². The van der Waals surface area contributed by atoms with Crippen LogP contribution in [0.2, 0.25) is 10.0 Å². The summed E-state index contributed by atoms with van der Waals surface area (Å²) in [6, 6.07) is 4.26. The molecule has 94 valence electrons. The Bertz CT molecular complexity index is 385. The molecular formula is C13H16BrCl2N. The fraction of sp³-hybridized carbons (Fsp3) is 0.538. The zero-order chi connectivity index (χ0) is 12.4.